The maximum atomic E-state index is 11.0. The molecule has 1 N–H and O–H groups in total. The van der Waals surface area contributed by atoms with Gasteiger partial charge in [0.2, 0.25) is 8.32 Å². The molecule has 0 unspecified atom stereocenters. The first-order valence-corrected chi connectivity index (χ1v) is 7.42. The fraction of sp³-hybridized carbons (Fsp3) is 0.750. The lowest BCUT2D eigenvalue weighted by atomic mass is 10.5. The van der Waals surface area contributed by atoms with Crippen LogP contribution >= 0.6 is 0 Å². The van der Waals surface area contributed by atoms with Gasteiger partial charge < -0.3 is 9.53 Å². The highest BCUT2D eigenvalue weighted by molar-refractivity contribution is 6.72. The van der Waals surface area contributed by atoms with Crippen LogP contribution in [0.4, 0.5) is 0 Å². The van der Waals surface area contributed by atoms with Crippen molar-refractivity contribution in [1.82, 2.24) is 0 Å². The van der Waals surface area contributed by atoms with Crippen molar-refractivity contribution < 1.29 is 19.1 Å². The first-order chi connectivity index (χ1) is 5.87. The summed E-state index contributed by atoms with van der Waals surface area (Å²) in [5, 5.41) is 8.33. The molecular formula is C8H16O4Si. The summed E-state index contributed by atoms with van der Waals surface area (Å²) in [4.78, 5) is 21.1. The fourth-order valence-electron chi connectivity index (χ4n) is 1.12. The van der Waals surface area contributed by atoms with E-state index in [0.29, 0.717) is 0 Å². The van der Waals surface area contributed by atoms with Crippen LogP contribution in [-0.2, 0) is 14.0 Å². The van der Waals surface area contributed by atoms with Crippen molar-refractivity contribution in [2.45, 2.75) is 38.9 Å². The standard InChI is InChI=1S/C8H16O4Si/c1-4-5-13(2,3)12-8(11)6-7(9)10/h4-6H2,1-3H3,(H,9,10). The Balaban J connectivity index is 3.96. The number of carboxylic acid groups (broad SMARTS) is 1. The zero-order valence-corrected chi connectivity index (χ0v) is 9.29. The van der Waals surface area contributed by atoms with Gasteiger partial charge in [0.05, 0.1) is 0 Å². The van der Waals surface area contributed by atoms with E-state index in [0.717, 1.165) is 12.5 Å². The summed E-state index contributed by atoms with van der Waals surface area (Å²) in [5.74, 6) is -1.75. The maximum Gasteiger partial charge on any atom is 0.314 e. The quantitative estimate of drug-likeness (QED) is 0.546. The molecule has 0 heterocycles. The molecule has 0 aromatic heterocycles. The lowest BCUT2D eigenvalue weighted by molar-refractivity contribution is -0.146. The molecule has 0 saturated carbocycles. The smallest absolute Gasteiger partial charge is 0.314 e. The minimum absolute atomic E-state index is 0.528. The van der Waals surface area contributed by atoms with Gasteiger partial charge in [-0.3, -0.25) is 9.59 Å². The van der Waals surface area contributed by atoms with Crippen molar-refractivity contribution in [3.05, 3.63) is 0 Å². The van der Waals surface area contributed by atoms with Crippen LogP contribution in [0.1, 0.15) is 19.8 Å². The van der Waals surface area contributed by atoms with E-state index < -0.39 is 26.7 Å². The highest BCUT2D eigenvalue weighted by Crippen LogP contribution is 2.13. The zero-order valence-electron chi connectivity index (χ0n) is 8.29. The Bertz CT molecular complexity index is 200. The number of hydrogen-bond acceptors (Lipinski definition) is 3. The van der Waals surface area contributed by atoms with Crippen LogP contribution in [0, 0.1) is 0 Å². The lowest BCUT2D eigenvalue weighted by Crippen LogP contribution is -2.33. The molecule has 0 bridgehead atoms. The molecule has 13 heavy (non-hydrogen) atoms. The van der Waals surface area contributed by atoms with E-state index in [1.54, 1.807) is 0 Å². The van der Waals surface area contributed by atoms with Crippen molar-refractivity contribution in [3.63, 3.8) is 0 Å². The summed E-state index contributed by atoms with van der Waals surface area (Å²) >= 11 is 0. The van der Waals surface area contributed by atoms with Gasteiger partial charge >= 0.3 is 11.9 Å². The molecule has 0 aliphatic rings. The first kappa shape index (κ1) is 12.2. The number of carboxylic acids is 1. The molecule has 76 valence electrons. The van der Waals surface area contributed by atoms with Gasteiger partial charge in [0.1, 0.15) is 6.42 Å². The second kappa shape index (κ2) is 5.01. The Morgan fingerprint density at radius 1 is 1.38 bits per heavy atom. The normalized spacial score (nSPS) is 11.0. The zero-order chi connectivity index (χ0) is 10.5. The molecule has 0 amide bonds. The van der Waals surface area contributed by atoms with E-state index in [-0.39, 0.29) is 0 Å². The van der Waals surface area contributed by atoms with Gasteiger partial charge in [-0.15, -0.1) is 0 Å². The molecule has 0 saturated heterocycles. The predicted molar refractivity (Wildman–Crippen MR) is 50.9 cm³/mol. The third-order valence-corrected chi connectivity index (χ3v) is 4.02. The summed E-state index contributed by atoms with van der Waals surface area (Å²) < 4.78 is 5.11. The highest BCUT2D eigenvalue weighted by atomic mass is 28.4. The van der Waals surface area contributed by atoms with Crippen molar-refractivity contribution in [2.24, 2.45) is 0 Å². The third kappa shape index (κ3) is 6.33. The molecule has 0 aromatic rings. The van der Waals surface area contributed by atoms with Crippen LogP contribution in [0.3, 0.4) is 0 Å². The monoisotopic (exact) mass is 204 g/mol. The van der Waals surface area contributed by atoms with Crippen LogP contribution in [0.15, 0.2) is 0 Å². The van der Waals surface area contributed by atoms with Gasteiger partial charge in [0, 0.05) is 0 Å². The summed E-state index contributed by atoms with van der Waals surface area (Å²) in [6, 6.07) is 0.873. The average molecular weight is 204 g/mol. The number of hydrogen-bond donors (Lipinski definition) is 1. The Kier molecular flexibility index (Phi) is 4.69. The Hall–Kier alpha value is -0.843. The SMILES string of the molecule is CCC[Si](C)(C)OC(=O)CC(=O)O. The molecule has 0 aliphatic heterocycles. The predicted octanol–water partition coefficient (Wildman–Crippen LogP) is 1.62. The fourth-order valence-corrected chi connectivity index (χ4v) is 3.12. The van der Waals surface area contributed by atoms with Crippen LogP contribution in [0.5, 0.6) is 0 Å². The van der Waals surface area contributed by atoms with E-state index in [9.17, 15) is 9.59 Å². The molecular weight excluding hydrogens is 188 g/mol. The summed E-state index contributed by atoms with van der Waals surface area (Å²) in [7, 11) is -1.95. The van der Waals surface area contributed by atoms with Crippen molar-refractivity contribution in [1.29, 1.82) is 0 Å². The van der Waals surface area contributed by atoms with Crippen LogP contribution < -0.4 is 0 Å². The van der Waals surface area contributed by atoms with E-state index >= 15 is 0 Å². The third-order valence-electron chi connectivity index (χ3n) is 1.54. The van der Waals surface area contributed by atoms with E-state index in [4.69, 9.17) is 9.53 Å². The van der Waals surface area contributed by atoms with Crippen LogP contribution in [-0.4, -0.2) is 25.4 Å². The summed E-state index contributed by atoms with van der Waals surface area (Å²) in [6.07, 6.45) is 0.430. The van der Waals surface area contributed by atoms with Crippen molar-refractivity contribution >= 4 is 20.3 Å². The second-order valence-corrected chi connectivity index (χ2v) is 7.78. The maximum absolute atomic E-state index is 11.0. The Morgan fingerprint density at radius 2 is 1.92 bits per heavy atom. The molecule has 0 aromatic carbocycles. The van der Waals surface area contributed by atoms with Gasteiger partial charge in [-0.1, -0.05) is 13.3 Å². The first-order valence-electron chi connectivity index (χ1n) is 4.31. The van der Waals surface area contributed by atoms with E-state index in [1.165, 1.54) is 0 Å². The molecule has 0 rings (SSSR count). The molecule has 0 atom stereocenters. The van der Waals surface area contributed by atoms with Gasteiger partial charge in [0.15, 0.2) is 0 Å². The second-order valence-electron chi connectivity index (χ2n) is 3.55. The van der Waals surface area contributed by atoms with E-state index in [2.05, 4.69) is 0 Å². The molecule has 5 heteroatoms. The largest absolute Gasteiger partial charge is 0.519 e. The average Bonchev–Trinajstić information content (AvgIpc) is 1.81. The Morgan fingerprint density at radius 3 is 2.31 bits per heavy atom. The molecule has 0 spiro atoms. The van der Waals surface area contributed by atoms with Crippen molar-refractivity contribution in [2.75, 3.05) is 0 Å². The molecule has 0 radical (unpaired) electrons. The lowest BCUT2D eigenvalue weighted by Gasteiger charge is -2.21. The summed E-state index contributed by atoms with van der Waals surface area (Å²) in [5.41, 5.74) is 0. The molecule has 4 nitrogen and oxygen atoms in total. The molecule has 0 aliphatic carbocycles. The Labute approximate surface area is 79.0 Å². The topological polar surface area (TPSA) is 63.6 Å². The minimum atomic E-state index is -1.95. The van der Waals surface area contributed by atoms with Crippen molar-refractivity contribution in [3.8, 4) is 0 Å². The molecule has 0 fully saturated rings. The van der Waals surface area contributed by atoms with Gasteiger partial charge in [-0.25, -0.2) is 0 Å². The van der Waals surface area contributed by atoms with Crippen LogP contribution in [0.2, 0.25) is 19.1 Å². The van der Waals surface area contributed by atoms with Gasteiger partial charge in [-0.05, 0) is 19.1 Å². The van der Waals surface area contributed by atoms with Gasteiger partial charge in [0.25, 0.3) is 0 Å². The highest BCUT2D eigenvalue weighted by Gasteiger charge is 2.26. The number of carbonyl (C=O) groups is 2. The van der Waals surface area contributed by atoms with E-state index in [1.807, 2.05) is 20.0 Å². The van der Waals surface area contributed by atoms with Gasteiger partial charge in [-0.2, -0.15) is 0 Å². The minimum Gasteiger partial charge on any atom is -0.519 e. The number of rotatable bonds is 5. The number of aliphatic carboxylic acids is 1. The van der Waals surface area contributed by atoms with Crippen LogP contribution in [0.25, 0.3) is 0 Å². The summed E-state index contributed by atoms with van der Waals surface area (Å²) in [6.45, 7) is 5.84. The number of carbonyl (C=O) groups excluding carboxylic acids is 1.